The van der Waals surface area contributed by atoms with Crippen molar-refractivity contribution in [3.63, 3.8) is 0 Å². The van der Waals surface area contributed by atoms with E-state index in [0.29, 0.717) is 25.6 Å². The maximum Gasteiger partial charge on any atom is 0.236 e. The predicted octanol–water partition coefficient (Wildman–Crippen LogP) is 3.82. The van der Waals surface area contributed by atoms with Gasteiger partial charge in [-0.3, -0.25) is 14.5 Å². The lowest BCUT2D eigenvalue weighted by atomic mass is 9.73. The summed E-state index contributed by atoms with van der Waals surface area (Å²) in [6.07, 6.45) is 12.8. The van der Waals surface area contributed by atoms with E-state index >= 15 is 0 Å². The number of imidazole rings is 1. The summed E-state index contributed by atoms with van der Waals surface area (Å²) in [5, 5.41) is 3.16. The zero-order chi connectivity index (χ0) is 27.1. The van der Waals surface area contributed by atoms with Gasteiger partial charge in [0, 0.05) is 32.0 Å². The Hall–Kier alpha value is -2.87. The van der Waals surface area contributed by atoms with Gasteiger partial charge in [0.2, 0.25) is 11.8 Å². The van der Waals surface area contributed by atoms with Crippen molar-refractivity contribution in [1.82, 2.24) is 24.7 Å². The second-order valence-electron chi connectivity index (χ2n) is 11.8. The fourth-order valence-electron chi connectivity index (χ4n) is 6.60. The lowest BCUT2D eigenvalue weighted by Crippen LogP contribution is -2.52. The molecule has 1 N–H and O–H groups in total. The molecule has 0 aliphatic carbocycles. The normalized spacial score (nSPS) is 21.4. The lowest BCUT2D eigenvalue weighted by molar-refractivity contribution is -0.137. The number of nitrogens with zero attached hydrogens (tertiary/aromatic N) is 4. The minimum absolute atomic E-state index is 0.166. The molecule has 2 aromatic rings. The number of carbonyl (C=O) groups is 2. The number of fused-ring (bicyclic) bond motifs is 1. The highest BCUT2D eigenvalue weighted by Crippen LogP contribution is 2.38. The van der Waals surface area contributed by atoms with E-state index in [-0.39, 0.29) is 17.2 Å². The predicted molar refractivity (Wildman–Crippen MR) is 151 cm³/mol. The van der Waals surface area contributed by atoms with Crippen molar-refractivity contribution in [3.05, 3.63) is 48.0 Å². The van der Waals surface area contributed by atoms with Crippen LogP contribution in [0.3, 0.4) is 0 Å². The first-order valence-corrected chi connectivity index (χ1v) is 15.0. The van der Waals surface area contributed by atoms with Crippen LogP contribution in [-0.2, 0) is 22.6 Å². The quantitative estimate of drug-likeness (QED) is 0.630. The monoisotopic (exact) mass is 535 g/mol. The van der Waals surface area contributed by atoms with Gasteiger partial charge in [0.15, 0.2) is 0 Å². The Balaban J connectivity index is 1.07. The molecule has 8 heteroatoms. The smallest absolute Gasteiger partial charge is 0.236 e. The Bertz CT molecular complexity index is 1100. The van der Waals surface area contributed by atoms with Gasteiger partial charge in [-0.1, -0.05) is 24.6 Å². The summed E-state index contributed by atoms with van der Waals surface area (Å²) < 4.78 is 8.19. The number of ether oxygens (including phenoxy) is 1. The third kappa shape index (κ3) is 7.02. The molecule has 5 rings (SSSR count). The summed E-state index contributed by atoms with van der Waals surface area (Å²) >= 11 is 0. The fraction of sp³-hybridized carbons (Fsp3) is 0.645. The van der Waals surface area contributed by atoms with Gasteiger partial charge in [0.05, 0.1) is 18.5 Å². The Morgan fingerprint density at radius 2 is 1.90 bits per heavy atom. The van der Waals surface area contributed by atoms with Crippen molar-refractivity contribution in [2.24, 2.45) is 11.3 Å². The third-order valence-electron chi connectivity index (χ3n) is 9.29. The summed E-state index contributed by atoms with van der Waals surface area (Å²) in [5.41, 5.74) is 0.925. The van der Waals surface area contributed by atoms with Crippen molar-refractivity contribution >= 4 is 11.8 Å². The first kappa shape index (κ1) is 27.7. The molecule has 0 unspecified atom stereocenters. The van der Waals surface area contributed by atoms with Crippen LogP contribution >= 0.6 is 0 Å². The molecule has 0 bridgehead atoms. The van der Waals surface area contributed by atoms with E-state index < -0.39 is 0 Å². The van der Waals surface area contributed by atoms with Gasteiger partial charge >= 0.3 is 0 Å². The van der Waals surface area contributed by atoms with Gasteiger partial charge in [-0.05, 0) is 88.9 Å². The third-order valence-corrected chi connectivity index (χ3v) is 9.29. The zero-order valence-corrected chi connectivity index (χ0v) is 23.6. The number of carbonyl (C=O) groups excluding carboxylic acids is 2. The fourth-order valence-corrected chi connectivity index (χ4v) is 6.60. The molecule has 3 aliphatic heterocycles. The number of nitrogens with one attached hydrogen (secondary N) is 1. The number of hydrogen-bond donors (Lipinski definition) is 1. The van der Waals surface area contributed by atoms with Crippen LogP contribution in [0.4, 0.5) is 0 Å². The van der Waals surface area contributed by atoms with Crippen LogP contribution in [0.5, 0.6) is 5.75 Å². The average Bonchev–Trinajstić information content (AvgIpc) is 3.37. The van der Waals surface area contributed by atoms with Crippen molar-refractivity contribution < 1.29 is 14.3 Å². The van der Waals surface area contributed by atoms with E-state index in [2.05, 4.69) is 43.0 Å². The molecule has 0 atom stereocenters. The summed E-state index contributed by atoms with van der Waals surface area (Å²) in [7, 11) is 0. The van der Waals surface area contributed by atoms with Gasteiger partial charge in [-0.25, -0.2) is 4.98 Å². The molecule has 2 fully saturated rings. The number of amides is 2. The Morgan fingerprint density at radius 1 is 1.10 bits per heavy atom. The van der Waals surface area contributed by atoms with Crippen LogP contribution in [0.25, 0.3) is 0 Å². The lowest BCUT2D eigenvalue weighted by Gasteiger charge is -2.41. The Labute approximate surface area is 233 Å². The minimum atomic E-state index is -0.329. The summed E-state index contributed by atoms with van der Waals surface area (Å²) in [6, 6.07) is 8.24. The summed E-state index contributed by atoms with van der Waals surface area (Å²) in [5.74, 6) is 3.09. The van der Waals surface area contributed by atoms with Crippen molar-refractivity contribution in [2.45, 2.75) is 71.3 Å². The number of aryl methyl sites for hydroxylation is 3. The molecule has 0 radical (unpaired) electrons. The molecule has 2 amide bonds. The first-order valence-electron chi connectivity index (χ1n) is 15.0. The second kappa shape index (κ2) is 13.0. The van der Waals surface area contributed by atoms with Gasteiger partial charge < -0.3 is 19.5 Å². The second-order valence-corrected chi connectivity index (χ2v) is 11.8. The Morgan fingerprint density at radius 3 is 2.67 bits per heavy atom. The van der Waals surface area contributed by atoms with E-state index in [1.165, 1.54) is 5.56 Å². The maximum atomic E-state index is 13.3. The van der Waals surface area contributed by atoms with Gasteiger partial charge in [0.25, 0.3) is 0 Å². The number of rotatable bonds is 5. The molecule has 0 saturated carbocycles. The maximum absolute atomic E-state index is 13.3. The standard InChI is InChI=1S/C31H45N5O3/c1-25-32-15-22-35(25)17-9-26-10-18-36(19-11-26)29(37)24-34-20-13-31(14-21-34)12-5-4-7-27-6-2-3-8-28(27)39-23-16-33-30(31)38/h2-3,6,8,15,22,26H,4-5,7,9-14,16-21,23-24H2,1H3,(H,33,38). The molecule has 212 valence electrons. The molecule has 4 heterocycles. The van der Waals surface area contributed by atoms with Crippen LogP contribution in [0, 0.1) is 18.3 Å². The molecular weight excluding hydrogens is 490 g/mol. The number of aromatic nitrogens is 2. The molecule has 2 saturated heterocycles. The number of hydrogen-bond acceptors (Lipinski definition) is 5. The van der Waals surface area contributed by atoms with Gasteiger partial charge in [0.1, 0.15) is 18.2 Å². The van der Waals surface area contributed by atoms with E-state index in [1.54, 1.807) is 0 Å². The largest absolute Gasteiger partial charge is 0.491 e. The molecule has 8 nitrogen and oxygen atoms in total. The zero-order valence-electron chi connectivity index (χ0n) is 23.6. The first-order chi connectivity index (χ1) is 19.0. The van der Waals surface area contributed by atoms with Crippen LogP contribution < -0.4 is 10.1 Å². The number of para-hydroxylation sites is 1. The van der Waals surface area contributed by atoms with Gasteiger partial charge in [-0.2, -0.15) is 0 Å². The van der Waals surface area contributed by atoms with Crippen molar-refractivity contribution in [1.29, 1.82) is 0 Å². The van der Waals surface area contributed by atoms with Crippen LogP contribution in [-0.4, -0.2) is 77.0 Å². The Kier molecular flexibility index (Phi) is 9.22. The average molecular weight is 536 g/mol. The summed E-state index contributed by atoms with van der Waals surface area (Å²) in [6.45, 7) is 7.87. The molecular formula is C31H45N5O3. The van der Waals surface area contributed by atoms with E-state index in [0.717, 1.165) is 102 Å². The summed E-state index contributed by atoms with van der Waals surface area (Å²) in [4.78, 5) is 35.1. The molecule has 39 heavy (non-hydrogen) atoms. The van der Waals surface area contributed by atoms with Crippen molar-refractivity contribution in [3.8, 4) is 5.75 Å². The van der Waals surface area contributed by atoms with E-state index in [4.69, 9.17) is 4.74 Å². The number of benzene rings is 1. The SMILES string of the molecule is Cc1nccn1CCC1CCN(C(=O)CN2CCC3(CCCCc4ccccc4OCCNC3=O)CC2)CC1. The molecule has 1 aromatic carbocycles. The van der Waals surface area contributed by atoms with Crippen LogP contribution in [0.2, 0.25) is 0 Å². The van der Waals surface area contributed by atoms with Crippen LogP contribution in [0.1, 0.15) is 62.8 Å². The highest BCUT2D eigenvalue weighted by atomic mass is 16.5. The highest BCUT2D eigenvalue weighted by molar-refractivity contribution is 5.83. The molecule has 3 aliphatic rings. The highest BCUT2D eigenvalue weighted by Gasteiger charge is 2.41. The van der Waals surface area contributed by atoms with Gasteiger partial charge in [-0.15, -0.1) is 0 Å². The van der Waals surface area contributed by atoms with Crippen molar-refractivity contribution in [2.75, 3.05) is 45.9 Å². The molecule has 1 spiro atoms. The number of likely N-dealkylation sites (tertiary alicyclic amines) is 2. The van der Waals surface area contributed by atoms with E-state index in [1.807, 2.05) is 25.3 Å². The molecule has 1 aromatic heterocycles. The minimum Gasteiger partial charge on any atom is -0.491 e. The number of piperidine rings is 2. The topological polar surface area (TPSA) is 79.7 Å². The van der Waals surface area contributed by atoms with Crippen LogP contribution in [0.15, 0.2) is 36.7 Å². The van der Waals surface area contributed by atoms with E-state index in [9.17, 15) is 9.59 Å².